The zero-order chi connectivity index (χ0) is 4.99. The average Bonchev–Trinajstić information content (AvgIpc) is 1.35. The second-order valence-electron chi connectivity index (χ2n) is 1.04. The van der Waals surface area contributed by atoms with E-state index in [1.807, 2.05) is 0 Å². The van der Waals surface area contributed by atoms with Crippen LogP contribution in [0.1, 0.15) is 6.92 Å². The lowest BCUT2D eigenvalue weighted by atomic mass is 10.4. The van der Waals surface area contributed by atoms with Crippen LogP contribution in [0, 0.1) is 12.0 Å². The van der Waals surface area contributed by atoms with E-state index in [1.165, 1.54) is 0 Å². The van der Waals surface area contributed by atoms with Crippen molar-refractivity contribution in [2.75, 3.05) is 0 Å². The summed E-state index contributed by atoms with van der Waals surface area (Å²) in [5, 5.41) is 7.80. The third-order valence-electron chi connectivity index (χ3n) is 0.292. The summed E-state index contributed by atoms with van der Waals surface area (Å²) in [6.07, 6.45) is 1.69. The van der Waals surface area contributed by atoms with E-state index in [-0.39, 0.29) is 6.04 Å². The normalized spacial score (nSPS) is 11.7. The molecule has 0 fully saturated rings. The molecule has 34 valence electrons. The Morgan fingerprint density at radius 1 is 1.83 bits per heavy atom. The van der Waals surface area contributed by atoms with Crippen LogP contribution in [0.25, 0.3) is 0 Å². The molecule has 0 aromatic carbocycles. The van der Waals surface area contributed by atoms with Crippen molar-refractivity contribution in [2.24, 2.45) is 5.73 Å². The first-order valence-electron chi connectivity index (χ1n) is 1.67. The van der Waals surface area contributed by atoms with Gasteiger partial charge in [-0.2, -0.15) is 0 Å². The van der Waals surface area contributed by atoms with Crippen LogP contribution < -0.4 is 5.73 Å². The van der Waals surface area contributed by atoms with Crippen molar-refractivity contribution in [1.82, 2.24) is 0 Å². The molecule has 0 aliphatic rings. The molecule has 2 heteroatoms. The highest BCUT2D eigenvalue weighted by Crippen LogP contribution is 1.62. The van der Waals surface area contributed by atoms with E-state index >= 15 is 0 Å². The fourth-order valence-corrected chi connectivity index (χ4v) is 0.102. The highest BCUT2D eigenvalue weighted by molar-refractivity contribution is 4.97. The minimum Gasteiger partial charge on any atom is -0.462 e. The molecule has 1 unspecified atom stereocenters. The minimum atomic E-state index is -0.213. The summed E-state index contributed by atoms with van der Waals surface area (Å²) in [5.41, 5.74) is 5.07. The number of aliphatic hydroxyl groups is 1. The molecule has 0 aromatic rings. The Morgan fingerprint density at radius 2 is 2.33 bits per heavy atom. The Bertz CT molecular complexity index is 77.3. The second-order valence-corrected chi connectivity index (χ2v) is 1.04. The van der Waals surface area contributed by atoms with Crippen molar-refractivity contribution in [3.05, 3.63) is 0 Å². The molecular formula is C4H7NO. The zero-order valence-electron chi connectivity index (χ0n) is 3.60. The summed E-state index contributed by atoms with van der Waals surface area (Å²) in [4.78, 5) is 0. The lowest BCUT2D eigenvalue weighted by Crippen LogP contribution is -2.10. The lowest BCUT2D eigenvalue weighted by Gasteiger charge is -1.82. The van der Waals surface area contributed by atoms with Gasteiger partial charge in [0.1, 0.15) is 6.11 Å². The summed E-state index contributed by atoms with van der Waals surface area (Å²) < 4.78 is 0. The smallest absolute Gasteiger partial charge is 0.109 e. The Kier molecular flexibility index (Phi) is 2.26. The molecule has 0 saturated heterocycles. The molecule has 0 aliphatic heterocycles. The molecule has 0 aliphatic carbocycles. The van der Waals surface area contributed by atoms with Crippen LogP contribution in [-0.2, 0) is 0 Å². The van der Waals surface area contributed by atoms with Gasteiger partial charge in [0.2, 0.25) is 0 Å². The van der Waals surface area contributed by atoms with E-state index in [4.69, 9.17) is 10.8 Å². The minimum absolute atomic E-state index is 0.213. The fraction of sp³-hybridized carbons (Fsp3) is 0.500. The van der Waals surface area contributed by atoms with Gasteiger partial charge in [-0.1, -0.05) is 0 Å². The third-order valence-corrected chi connectivity index (χ3v) is 0.292. The number of rotatable bonds is 0. The van der Waals surface area contributed by atoms with Gasteiger partial charge in [-0.05, 0) is 12.8 Å². The maximum absolute atomic E-state index is 7.80. The quantitative estimate of drug-likeness (QED) is 0.395. The summed E-state index contributed by atoms with van der Waals surface area (Å²) in [6, 6.07) is -0.213. The lowest BCUT2D eigenvalue weighted by molar-refractivity contribution is 0.515. The summed E-state index contributed by atoms with van der Waals surface area (Å²) >= 11 is 0. The van der Waals surface area contributed by atoms with E-state index < -0.39 is 0 Å². The van der Waals surface area contributed by atoms with Crippen LogP contribution in [0.15, 0.2) is 0 Å². The molecule has 0 saturated carbocycles. The van der Waals surface area contributed by atoms with Crippen LogP contribution >= 0.6 is 0 Å². The van der Waals surface area contributed by atoms with Gasteiger partial charge in [-0.15, -0.1) is 0 Å². The molecule has 3 N–H and O–H groups in total. The number of nitrogens with two attached hydrogens (primary N) is 1. The van der Waals surface area contributed by atoms with Gasteiger partial charge in [0.15, 0.2) is 0 Å². The molecule has 0 amide bonds. The van der Waals surface area contributed by atoms with E-state index in [9.17, 15) is 0 Å². The van der Waals surface area contributed by atoms with Crippen molar-refractivity contribution >= 4 is 0 Å². The van der Waals surface area contributed by atoms with Crippen molar-refractivity contribution in [3.8, 4) is 12.0 Å². The summed E-state index contributed by atoms with van der Waals surface area (Å²) in [6.45, 7) is 1.70. The molecule has 0 spiro atoms. The SMILES string of the molecule is CC(N)C#CO. The fourth-order valence-electron chi connectivity index (χ4n) is 0.102. The molecule has 0 radical (unpaired) electrons. The van der Waals surface area contributed by atoms with Gasteiger partial charge >= 0.3 is 0 Å². The molecule has 0 bridgehead atoms. The standard InChI is InChI=1S/C4H7NO/c1-4(5)2-3-6/h4,6H,5H2,1H3. The molecule has 0 aromatic heterocycles. The Labute approximate surface area is 37.0 Å². The second kappa shape index (κ2) is 2.55. The molecule has 0 rings (SSSR count). The average molecular weight is 85.1 g/mol. The molecule has 1 atom stereocenters. The molecule has 6 heavy (non-hydrogen) atoms. The van der Waals surface area contributed by atoms with Crippen LogP contribution in [0.2, 0.25) is 0 Å². The van der Waals surface area contributed by atoms with Crippen molar-refractivity contribution in [2.45, 2.75) is 13.0 Å². The van der Waals surface area contributed by atoms with Gasteiger partial charge < -0.3 is 10.8 Å². The van der Waals surface area contributed by atoms with Crippen molar-refractivity contribution in [1.29, 1.82) is 0 Å². The van der Waals surface area contributed by atoms with E-state index in [0.717, 1.165) is 0 Å². The van der Waals surface area contributed by atoms with Crippen LogP contribution in [-0.4, -0.2) is 11.1 Å². The summed E-state index contributed by atoms with van der Waals surface area (Å²) in [7, 11) is 0. The molecular weight excluding hydrogens is 78.0 g/mol. The van der Waals surface area contributed by atoms with E-state index in [2.05, 4.69) is 5.92 Å². The predicted molar refractivity (Wildman–Crippen MR) is 23.4 cm³/mol. The maximum atomic E-state index is 7.80. The summed E-state index contributed by atoms with van der Waals surface area (Å²) in [5.74, 6) is 2.29. The van der Waals surface area contributed by atoms with E-state index in [0.29, 0.717) is 0 Å². The van der Waals surface area contributed by atoms with Gasteiger partial charge in [0.05, 0.1) is 6.04 Å². The van der Waals surface area contributed by atoms with Crippen LogP contribution in [0.4, 0.5) is 0 Å². The number of aliphatic hydroxyl groups excluding tert-OH is 1. The Morgan fingerprint density at radius 3 is 2.33 bits per heavy atom. The molecule has 2 nitrogen and oxygen atoms in total. The first-order chi connectivity index (χ1) is 2.77. The Balaban J connectivity index is 3.20. The third kappa shape index (κ3) is 3.32. The maximum Gasteiger partial charge on any atom is 0.109 e. The topological polar surface area (TPSA) is 46.2 Å². The highest BCUT2D eigenvalue weighted by Gasteiger charge is 1.76. The largest absolute Gasteiger partial charge is 0.462 e. The van der Waals surface area contributed by atoms with Crippen molar-refractivity contribution in [3.63, 3.8) is 0 Å². The Hall–Kier alpha value is -0.680. The molecule has 0 heterocycles. The van der Waals surface area contributed by atoms with Crippen LogP contribution in [0.5, 0.6) is 0 Å². The number of hydrogen-bond acceptors (Lipinski definition) is 2. The number of hydrogen-bond donors (Lipinski definition) is 2. The first-order valence-corrected chi connectivity index (χ1v) is 1.67. The van der Waals surface area contributed by atoms with Gasteiger partial charge in [0.25, 0.3) is 0 Å². The van der Waals surface area contributed by atoms with Crippen LogP contribution in [0.3, 0.4) is 0 Å². The van der Waals surface area contributed by atoms with E-state index in [1.54, 1.807) is 13.0 Å². The van der Waals surface area contributed by atoms with Gasteiger partial charge in [-0.25, -0.2) is 0 Å². The highest BCUT2D eigenvalue weighted by atomic mass is 16.2. The first kappa shape index (κ1) is 5.32. The van der Waals surface area contributed by atoms with Gasteiger partial charge in [-0.3, -0.25) is 0 Å². The van der Waals surface area contributed by atoms with Gasteiger partial charge in [0, 0.05) is 0 Å². The zero-order valence-corrected chi connectivity index (χ0v) is 3.60. The monoisotopic (exact) mass is 85.1 g/mol. The van der Waals surface area contributed by atoms with Crippen molar-refractivity contribution < 1.29 is 5.11 Å². The predicted octanol–water partition coefficient (Wildman–Crippen LogP) is -0.333.